The first-order valence-electron chi connectivity index (χ1n) is 9.73. The number of nitrogens with one attached hydrogen (secondary N) is 2. The molecule has 7 nitrogen and oxygen atoms in total. The maximum absolute atomic E-state index is 13.2. The molecular weight excluding hydrogens is 382 g/mol. The van der Waals surface area contributed by atoms with Crippen molar-refractivity contribution in [3.63, 3.8) is 0 Å². The Labute approximate surface area is 177 Å². The van der Waals surface area contributed by atoms with E-state index in [0.29, 0.717) is 17.1 Å². The average molecular weight is 414 g/mol. The van der Waals surface area contributed by atoms with Crippen LogP contribution in [0.4, 0.5) is 16.2 Å². The molecule has 2 amide bonds. The van der Waals surface area contributed by atoms with Gasteiger partial charge >= 0.3 is 6.09 Å². The van der Waals surface area contributed by atoms with Crippen LogP contribution in [0.3, 0.4) is 0 Å². The van der Waals surface area contributed by atoms with Crippen molar-refractivity contribution in [3.05, 3.63) is 54.1 Å². The van der Waals surface area contributed by atoms with Gasteiger partial charge in [-0.25, -0.2) is 4.79 Å². The third-order valence-corrected chi connectivity index (χ3v) is 4.70. The molecule has 2 aromatic carbocycles. The second kappa shape index (κ2) is 9.07. The minimum absolute atomic E-state index is 0.403. The molecule has 1 unspecified atom stereocenters. The van der Waals surface area contributed by atoms with Crippen molar-refractivity contribution < 1.29 is 19.1 Å². The lowest BCUT2D eigenvalue weighted by molar-refractivity contribution is -0.119. The normalized spacial score (nSPS) is 12.6. The van der Waals surface area contributed by atoms with Gasteiger partial charge in [0, 0.05) is 5.41 Å². The highest BCUT2D eigenvalue weighted by molar-refractivity contribution is 5.99. The molecule has 0 spiro atoms. The lowest BCUT2D eigenvalue weighted by Gasteiger charge is -2.35. The number of nitrogen functional groups attached to an aromatic ring is 1. The summed E-state index contributed by atoms with van der Waals surface area (Å²) in [4.78, 5) is 25.8. The summed E-state index contributed by atoms with van der Waals surface area (Å²) in [5.41, 5.74) is 6.26. The Morgan fingerprint density at radius 3 is 2.10 bits per heavy atom. The van der Waals surface area contributed by atoms with E-state index in [9.17, 15) is 9.59 Å². The van der Waals surface area contributed by atoms with E-state index in [-0.39, 0.29) is 0 Å². The molecule has 0 saturated carbocycles. The topological polar surface area (TPSA) is 103 Å². The molecule has 7 heteroatoms. The standard InChI is InChI=1S/C23H31N3O4/c1-22(2,3)30-21(28)26-19(20(27)25-18-10-8-7-9-17(18)24)23(4,5)15-11-13-16(29-6)14-12-15/h7-14,19H,24H2,1-6H3,(H,25,27)(H,26,28). The van der Waals surface area contributed by atoms with Gasteiger partial charge in [0.25, 0.3) is 0 Å². The van der Waals surface area contributed by atoms with Gasteiger partial charge in [0.1, 0.15) is 17.4 Å². The molecule has 2 aromatic rings. The van der Waals surface area contributed by atoms with Crippen LogP contribution in [0.25, 0.3) is 0 Å². The number of methoxy groups -OCH3 is 1. The molecule has 0 saturated heterocycles. The van der Waals surface area contributed by atoms with E-state index in [0.717, 1.165) is 5.56 Å². The number of nitrogens with two attached hydrogens (primary N) is 1. The molecule has 1 atom stereocenters. The second-order valence-corrected chi connectivity index (χ2v) is 8.61. The summed E-state index contributed by atoms with van der Waals surface area (Å²) in [6.07, 6.45) is -0.676. The van der Waals surface area contributed by atoms with E-state index >= 15 is 0 Å². The first-order valence-corrected chi connectivity index (χ1v) is 9.73. The summed E-state index contributed by atoms with van der Waals surface area (Å²) < 4.78 is 10.6. The van der Waals surface area contributed by atoms with Crippen molar-refractivity contribution in [2.75, 3.05) is 18.2 Å². The summed E-state index contributed by atoms with van der Waals surface area (Å²) in [5.74, 6) is 0.298. The van der Waals surface area contributed by atoms with E-state index in [1.54, 1.807) is 52.1 Å². The zero-order chi connectivity index (χ0) is 22.5. The Bertz CT molecular complexity index is 886. The molecule has 0 aliphatic rings. The molecule has 4 N–H and O–H groups in total. The average Bonchev–Trinajstić information content (AvgIpc) is 2.66. The molecule has 0 aromatic heterocycles. The molecule has 0 aliphatic carbocycles. The molecule has 0 heterocycles. The van der Waals surface area contributed by atoms with Crippen molar-refractivity contribution >= 4 is 23.4 Å². The third kappa shape index (κ3) is 5.89. The fraction of sp³-hybridized carbons (Fsp3) is 0.391. The summed E-state index contributed by atoms with van der Waals surface area (Å²) >= 11 is 0. The Hall–Kier alpha value is -3.22. The van der Waals surface area contributed by atoms with Crippen LogP contribution in [0.2, 0.25) is 0 Å². The molecule has 0 fully saturated rings. The maximum Gasteiger partial charge on any atom is 0.408 e. The Kier molecular flexibility index (Phi) is 6.97. The summed E-state index contributed by atoms with van der Waals surface area (Å²) in [6, 6.07) is 13.4. The summed E-state index contributed by atoms with van der Waals surface area (Å²) in [6.45, 7) is 9.05. The molecule has 0 bridgehead atoms. The molecule has 0 radical (unpaired) electrons. The van der Waals surface area contributed by atoms with Crippen LogP contribution >= 0.6 is 0 Å². The van der Waals surface area contributed by atoms with Gasteiger partial charge < -0.3 is 25.8 Å². The van der Waals surface area contributed by atoms with E-state index in [1.807, 2.05) is 38.1 Å². The lowest BCUT2D eigenvalue weighted by Crippen LogP contribution is -2.55. The first kappa shape index (κ1) is 23.1. The van der Waals surface area contributed by atoms with Crippen LogP contribution in [0.5, 0.6) is 5.75 Å². The maximum atomic E-state index is 13.2. The number of benzene rings is 2. The van der Waals surface area contributed by atoms with Gasteiger partial charge in [0.05, 0.1) is 18.5 Å². The van der Waals surface area contributed by atoms with Gasteiger partial charge in [-0.05, 0) is 50.6 Å². The molecule has 30 heavy (non-hydrogen) atoms. The van der Waals surface area contributed by atoms with Gasteiger partial charge in [-0.1, -0.05) is 38.1 Å². The van der Waals surface area contributed by atoms with Crippen LogP contribution in [0.15, 0.2) is 48.5 Å². The fourth-order valence-corrected chi connectivity index (χ4v) is 3.00. The Morgan fingerprint density at radius 2 is 1.57 bits per heavy atom. The number of hydrogen-bond donors (Lipinski definition) is 3. The van der Waals surface area contributed by atoms with Crippen molar-refractivity contribution in [3.8, 4) is 5.75 Å². The highest BCUT2D eigenvalue weighted by Crippen LogP contribution is 2.30. The zero-order valence-electron chi connectivity index (χ0n) is 18.4. The van der Waals surface area contributed by atoms with Crippen LogP contribution in [0.1, 0.15) is 40.2 Å². The van der Waals surface area contributed by atoms with E-state index in [1.165, 1.54) is 0 Å². The summed E-state index contributed by atoms with van der Waals surface area (Å²) in [5, 5.41) is 5.55. The highest BCUT2D eigenvalue weighted by atomic mass is 16.6. The molecule has 0 aliphatic heterocycles. The molecular formula is C23H31N3O4. The van der Waals surface area contributed by atoms with E-state index < -0.39 is 29.1 Å². The van der Waals surface area contributed by atoms with Crippen molar-refractivity contribution in [1.82, 2.24) is 5.32 Å². The van der Waals surface area contributed by atoms with E-state index in [2.05, 4.69) is 10.6 Å². The van der Waals surface area contributed by atoms with E-state index in [4.69, 9.17) is 15.2 Å². The lowest BCUT2D eigenvalue weighted by atomic mass is 9.77. The van der Waals surface area contributed by atoms with Crippen LogP contribution in [0, 0.1) is 0 Å². The minimum atomic E-state index is -0.930. The number of carbonyl (C=O) groups excluding carboxylic acids is 2. The van der Waals surface area contributed by atoms with Gasteiger partial charge in [0.15, 0.2) is 0 Å². The molecule has 2 rings (SSSR count). The fourth-order valence-electron chi connectivity index (χ4n) is 3.00. The smallest absolute Gasteiger partial charge is 0.408 e. The SMILES string of the molecule is COc1ccc(C(C)(C)C(NC(=O)OC(C)(C)C)C(=O)Nc2ccccc2N)cc1. The van der Waals surface area contributed by atoms with Crippen LogP contribution in [-0.2, 0) is 14.9 Å². The number of hydrogen-bond acceptors (Lipinski definition) is 5. The number of para-hydroxylation sites is 2. The monoisotopic (exact) mass is 413 g/mol. The summed E-state index contributed by atoms with van der Waals surface area (Å²) in [7, 11) is 1.59. The van der Waals surface area contributed by atoms with Crippen LogP contribution < -0.4 is 21.1 Å². The number of carbonyl (C=O) groups is 2. The highest BCUT2D eigenvalue weighted by Gasteiger charge is 2.39. The molecule has 162 valence electrons. The largest absolute Gasteiger partial charge is 0.497 e. The second-order valence-electron chi connectivity index (χ2n) is 8.61. The predicted molar refractivity (Wildman–Crippen MR) is 119 cm³/mol. The van der Waals surface area contributed by atoms with Gasteiger partial charge in [-0.15, -0.1) is 0 Å². The van der Waals surface area contributed by atoms with Crippen molar-refractivity contribution in [2.24, 2.45) is 0 Å². The van der Waals surface area contributed by atoms with Crippen molar-refractivity contribution in [2.45, 2.75) is 51.7 Å². The van der Waals surface area contributed by atoms with Crippen molar-refractivity contribution in [1.29, 1.82) is 0 Å². The minimum Gasteiger partial charge on any atom is -0.497 e. The van der Waals surface area contributed by atoms with Gasteiger partial charge in [-0.2, -0.15) is 0 Å². The number of rotatable bonds is 6. The van der Waals surface area contributed by atoms with Crippen LogP contribution in [-0.4, -0.2) is 30.8 Å². The Balaban J connectivity index is 2.36. The Morgan fingerprint density at radius 1 is 0.967 bits per heavy atom. The zero-order valence-corrected chi connectivity index (χ0v) is 18.4. The van der Waals surface area contributed by atoms with Gasteiger partial charge in [0.2, 0.25) is 5.91 Å². The number of alkyl carbamates (subject to hydrolysis) is 1. The quantitative estimate of drug-likeness (QED) is 0.619. The first-order chi connectivity index (χ1) is 13.9. The number of ether oxygens (including phenoxy) is 2. The number of anilines is 2. The number of amides is 2. The van der Waals surface area contributed by atoms with Gasteiger partial charge in [-0.3, -0.25) is 4.79 Å². The third-order valence-electron chi connectivity index (χ3n) is 4.70. The predicted octanol–water partition coefficient (Wildman–Crippen LogP) is 4.09.